The van der Waals surface area contributed by atoms with Crippen LogP contribution in [0.5, 0.6) is 0 Å². The Kier molecular flexibility index (Phi) is 5.72. The highest BCUT2D eigenvalue weighted by Crippen LogP contribution is 2.25. The van der Waals surface area contributed by atoms with Gasteiger partial charge in [-0.3, -0.25) is 9.59 Å². The summed E-state index contributed by atoms with van der Waals surface area (Å²) >= 11 is 1.58. The number of aromatic nitrogens is 1. The highest BCUT2D eigenvalue weighted by molar-refractivity contribution is 7.09. The van der Waals surface area contributed by atoms with Crippen molar-refractivity contribution in [3.63, 3.8) is 0 Å². The van der Waals surface area contributed by atoms with Gasteiger partial charge < -0.3 is 10.4 Å². The van der Waals surface area contributed by atoms with E-state index in [9.17, 15) is 9.59 Å². The number of carbonyl (C=O) groups is 2. The predicted molar refractivity (Wildman–Crippen MR) is 95.5 cm³/mol. The quantitative estimate of drug-likeness (QED) is 0.837. The zero-order chi connectivity index (χ0) is 17.7. The van der Waals surface area contributed by atoms with Gasteiger partial charge in [0.1, 0.15) is 0 Å². The lowest BCUT2D eigenvalue weighted by Crippen LogP contribution is -2.15. The number of amides is 1. The first-order valence-corrected chi connectivity index (χ1v) is 8.67. The summed E-state index contributed by atoms with van der Waals surface area (Å²) < 4.78 is 0. The van der Waals surface area contributed by atoms with Gasteiger partial charge in [-0.15, -0.1) is 11.3 Å². The molecular weight excluding hydrogens is 324 g/mol. The fraction of sp³-hybridized carbons (Fsp3) is 0.389. The van der Waals surface area contributed by atoms with E-state index in [4.69, 9.17) is 5.11 Å². The molecule has 1 aromatic heterocycles. The van der Waals surface area contributed by atoms with Gasteiger partial charge in [0.2, 0.25) is 5.91 Å². The molecule has 0 aliphatic heterocycles. The molecule has 0 saturated heterocycles. The number of rotatable bonds is 6. The molecular formula is C18H22N2O3S. The average molecular weight is 346 g/mol. The zero-order valence-corrected chi connectivity index (χ0v) is 14.9. The molecule has 2 rings (SSSR count). The number of nitrogens with one attached hydrogen (secondary N) is 1. The Hall–Kier alpha value is -2.21. The van der Waals surface area contributed by atoms with E-state index in [2.05, 4.69) is 31.1 Å². The van der Waals surface area contributed by atoms with E-state index < -0.39 is 5.97 Å². The molecule has 128 valence electrons. The number of anilines is 1. The van der Waals surface area contributed by atoms with Crippen LogP contribution in [0.3, 0.4) is 0 Å². The summed E-state index contributed by atoms with van der Waals surface area (Å²) in [6.45, 7) is 6.30. The van der Waals surface area contributed by atoms with Crippen molar-refractivity contribution in [3.8, 4) is 0 Å². The Balaban J connectivity index is 1.90. The lowest BCUT2D eigenvalue weighted by Gasteiger charge is -2.13. The highest BCUT2D eigenvalue weighted by atomic mass is 32.1. The van der Waals surface area contributed by atoms with Gasteiger partial charge in [-0.05, 0) is 24.1 Å². The van der Waals surface area contributed by atoms with Crippen LogP contribution in [0.4, 0.5) is 5.69 Å². The molecule has 24 heavy (non-hydrogen) atoms. The molecule has 0 saturated carbocycles. The molecule has 0 radical (unpaired) electrons. The second kappa shape index (κ2) is 7.57. The molecule has 0 aliphatic rings. The van der Waals surface area contributed by atoms with Gasteiger partial charge in [-0.1, -0.05) is 32.9 Å². The van der Waals surface area contributed by atoms with Gasteiger partial charge in [0, 0.05) is 22.9 Å². The van der Waals surface area contributed by atoms with Crippen molar-refractivity contribution >= 4 is 28.9 Å². The molecule has 2 N–H and O–H groups in total. The number of hydrogen-bond donors (Lipinski definition) is 2. The lowest BCUT2D eigenvalue weighted by atomic mass is 9.98. The second-order valence-electron chi connectivity index (χ2n) is 6.71. The van der Waals surface area contributed by atoms with Crippen LogP contribution in [-0.4, -0.2) is 22.0 Å². The number of hydrogen-bond acceptors (Lipinski definition) is 4. The topological polar surface area (TPSA) is 79.3 Å². The Bertz CT molecular complexity index is 715. The molecule has 5 nitrogen and oxygen atoms in total. The van der Waals surface area contributed by atoms with E-state index in [1.54, 1.807) is 23.5 Å². The molecule has 0 atom stereocenters. The SMILES string of the molecule is CC(C)(C)c1nc(CC(=O)Nc2ccc(CCC(=O)O)cc2)cs1. The molecule has 1 amide bonds. The molecule has 2 aromatic rings. The lowest BCUT2D eigenvalue weighted by molar-refractivity contribution is -0.137. The summed E-state index contributed by atoms with van der Waals surface area (Å²) in [7, 11) is 0. The maximum Gasteiger partial charge on any atom is 0.303 e. The van der Waals surface area contributed by atoms with Gasteiger partial charge in [0.25, 0.3) is 0 Å². The third kappa shape index (κ3) is 5.45. The number of aliphatic carboxylic acids is 1. The minimum absolute atomic E-state index is 0.00875. The summed E-state index contributed by atoms with van der Waals surface area (Å²) in [6.07, 6.45) is 0.830. The smallest absolute Gasteiger partial charge is 0.303 e. The molecule has 1 heterocycles. The summed E-state index contributed by atoms with van der Waals surface area (Å²) in [5.74, 6) is -0.927. The van der Waals surface area contributed by atoms with Gasteiger partial charge in [-0.2, -0.15) is 0 Å². The van der Waals surface area contributed by atoms with Crippen molar-refractivity contribution < 1.29 is 14.7 Å². The minimum atomic E-state index is -0.815. The van der Waals surface area contributed by atoms with Crippen molar-refractivity contribution in [3.05, 3.63) is 45.9 Å². The molecule has 0 bridgehead atoms. The number of benzene rings is 1. The monoisotopic (exact) mass is 346 g/mol. The first-order chi connectivity index (χ1) is 11.2. The van der Waals surface area contributed by atoms with Gasteiger partial charge in [0.15, 0.2) is 0 Å². The fourth-order valence-corrected chi connectivity index (χ4v) is 3.02. The Morgan fingerprint density at radius 3 is 2.42 bits per heavy atom. The van der Waals surface area contributed by atoms with Crippen LogP contribution in [0.2, 0.25) is 0 Å². The van der Waals surface area contributed by atoms with Crippen LogP contribution in [-0.2, 0) is 27.8 Å². The van der Waals surface area contributed by atoms with Crippen LogP contribution < -0.4 is 5.32 Å². The Morgan fingerprint density at radius 2 is 1.88 bits per heavy atom. The molecule has 0 fully saturated rings. The van der Waals surface area contributed by atoms with E-state index in [-0.39, 0.29) is 24.2 Å². The van der Waals surface area contributed by atoms with Crippen molar-refractivity contribution in [2.45, 2.75) is 45.4 Å². The van der Waals surface area contributed by atoms with Crippen LogP contribution >= 0.6 is 11.3 Å². The second-order valence-corrected chi connectivity index (χ2v) is 7.57. The van der Waals surface area contributed by atoms with Crippen LogP contribution in [0.25, 0.3) is 0 Å². The van der Waals surface area contributed by atoms with E-state index >= 15 is 0 Å². The fourth-order valence-electron chi connectivity index (χ4n) is 2.11. The minimum Gasteiger partial charge on any atom is -0.481 e. The molecule has 0 spiro atoms. The van der Waals surface area contributed by atoms with Crippen molar-refractivity contribution in [1.29, 1.82) is 0 Å². The maximum atomic E-state index is 12.1. The van der Waals surface area contributed by atoms with E-state index in [0.717, 1.165) is 16.3 Å². The van der Waals surface area contributed by atoms with Gasteiger partial charge in [0.05, 0.1) is 17.1 Å². The number of nitrogens with zero attached hydrogens (tertiary/aromatic N) is 1. The van der Waals surface area contributed by atoms with Crippen LogP contribution in [0.15, 0.2) is 29.6 Å². The van der Waals surface area contributed by atoms with E-state index in [0.29, 0.717) is 12.1 Å². The van der Waals surface area contributed by atoms with E-state index in [1.165, 1.54) is 0 Å². The number of carboxylic acid groups (broad SMARTS) is 1. The first-order valence-electron chi connectivity index (χ1n) is 7.79. The van der Waals surface area contributed by atoms with Crippen molar-refractivity contribution in [1.82, 2.24) is 4.98 Å². The van der Waals surface area contributed by atoms with Crippen LogP contribution in [0.1, 0.15) is 43.5 Å². The first kappa shape index (κ1) is 18.1. The van der Waals surface area contributed by atoms with E-state index in [1.807, 2.05) is 17.5 Å². The molecule has 0 aliphatic carbocycles. The van der Waals surface area contributed by atoms with Crippen molar-refractivity contribution in [2.75, 3.05) is 5.32 Å². The normalized spacial score (nSPS) is 11.3. The number of thiazole rings is 1. The summed E-state index contributed by atoms with van der Waals surface area (Å²) in [6, 6.07) is 7.24. The largest absolute Gasteiger partial charge is 0.481 e. The molecule has 1 aromatic carbocycles. The third-order valence-electron chi connectivity index (χ3n) is 3.40. The number of carboxylic acids is 1. The molecule has 0 unspecified atom stereocenters. The number of carbonyl (C=O) groups excluding carboxylic acids is 1. The maximum absolute atomic E-state index is 12.1. The highest BCUT2D eigenvalue weighted by Gasteiger charge is 2.18. The summed E-state index contributed by atoms with van der Waals surface area (Å²) in [5, 5.41) is 14.5. The zero-order valence-electron chi connectivity index (χ0n) is 14.1. The molecule has 6 heteroatoms. The van der Waals surface area contributed by atoms with Gasteiger partial charge >= 0.3 is 5.97 Å². The van der Waals surface area contributed by atoms with Gasteiger partial charge in [-0.25, -0.2) is 4.98 Å². The third-order valence-corrected chi connectivity index (χ3v) is 4.72. The van der Waals surface area contributed by atoms with Crippen LogP contribution in [0, 0.1) is 0 Å². The standard InChI is InChI=1S/C18H22N2O3S/c1-18(2,3)17-20-14(11-24-17)10-15(21)19-13-7-4-12(5-8-13)6-9-16(22)23/h4-5,7-8,11H,6,9-10H2,1-3H3,(H,19,21)(H,22,23). The predicted octanol–water partition coefficient (Wildman–Crippen LogP) is 3.64. The van der Waals surface area contributed by atoms with Crippen molar-refractivity contribution in [2.24, 2.45) is 0 Å². The average Bonchev–Trinajstić information content (AvgIpc) is 2.95. The number of aryl methyl sites for hydroxylation is 1. The summed E-state index contributed by atoms with van der Waals surface area (Å²) in [5.41, 5.74) is 2.40. The Morgan fingerprint density at radius 1 is 1.21 bits per heavy atom. The Labute approximate surface area is 145 Å². The summed E-state index contributed by atoms with van der Waals surface area (Å²) in [4.78, 5) is 27.2.